The van der Waals surface area contributed by atoms with Crippen molar-refractivity contribution < 1.29 is 0 Å². The minimum absolute atomic E-state index is 0.454. The Balaban J connectivity index is 0.000000704. The molecular weight excluding hydrogens is 246 g/mol. The van der Waals surface area contributed by atoms with Gasteiger partial charge in [0.25, 0.3) is 0 Å². The molecule has 2 aromatic rings. The van der Waals surface area contributed by atoms with E-state index in [1.165, 1.54) is 11.1 Å². The molecule has 3 rings (SSSR count). The molecule has 1 aliphatic carbocycles. The van der Waals surface area contributed by atoms with Gasteiger partial charge in [-0.1, -0.05) is 38.1 Å². The van der Waals surface area contributed by atoms with Gasteiger partial charge in [-0.25, -0.2) is 9.97 Å². The number of hydrogen-bond donors (Lipinski definition) is 1. The molecule has 3 heteroatoms. The lowest BCUT2D eigenvalue weighted by atomic mass is 10.1. The molecule has 0 aliphatic heterocycles. The normalized spacial score (nSPS) is 13.4. The van der Waals surface area contributed by atoms with Crippen molar-refractivity contribution in [2.24, 2.45) is 0 Å². The first-order valence-electron chi connectivity index (χ1n) is 7.35. The highest BCUT2D eigenvalue weighted by atomic mass is 15.0. The van der Waals surface area contributed by atoms with E-state index < -0.39 is 0 Å². The zero-order valence-corrected chi connectivity index (χ0v) is 12.8. The van der Waals surface area contributed by atoms with Crippen molar-refractivity contribution in [1.29, 1.82) is 0 Å². The van der Waals surface area contributed by atoms with Crippen LogP contribution in [0.1, 0.15) is 36.2 Å². The molecule has 0 radical (unpaired) electrons. The summed E-state index contributed by atoms with van der Waals surface area (Å²) in [6.45, 7) is 8.09. The van der Waals surface area contributed by atoms with Crippen LogP contribution in [0.2, 0.25) is 0 Å². The van der Waals surface area contributed by atoms with Crippen LogP contribution in [0.3, 0.4) is 0 Å². The van der Waals surface area contributed by atoms with E-state index in [1.807, 2.05) is 20.8 Å². The summed E-state index contributed by atoms with van der Waals surface area (Å²) in [4.78, 5) is 8.55. The third-order valence-electron chi connectivity index (χ3n) is 3.73. The van der Waals surface area contributed by atoms with Gasteiger partial charge in [0, 0.05) is 17.3 Å². The van der Waals surface area contributed by atoms with Crippen LogP contribution < -0.4 is 5.32 Å². The van der Waals surface area contributed by atoms with Crippen molar-refractivity contribution in [3.05, 3.63) is 53.0 Å². The van der Waals surface area contributed by atoms with Gasteiger partial charge in [0.15, 0.2) is 0 Å². The molecule has 20 heavy (non-hydrogen) atoms. The lowest BCUT2D eigenvalue weighted by Gasteiger charge is -2.15. The van der Waals surface area contributed by atoms with Crippen molar-refractivity contribution in [1.82, 2.24) is 9.97 Å². The Morgan fingerprint density at radius 3 is 2.20 bits per heavy atom. The lowest BCUT2D eigenvalue weighted by Crippen LogP contribution is -2.21. The summed E-state index contributed by atoms with van der Waals surface area (Å²) in [6.07, 6.45) is 3.80. The number of anilines is 1. The van der Waals surface area contributed by atoms with Crippen LogP contribution in [0, 0.1) is 13.8 Å². The minimum Gasteiger partial charge on any atom is -0.366 e. The Hall–Kier alpha value is -1.90. The second kappa shape index (κ2) is 6.51. The summed E-state index contributed by atoms with van der Waals surface area (Å²) in [5.74, 6) is 0.973. The summed E-state index contributed by atoms with van der Waals surface area (Å²) >= 11 is 0. The van der Waals surface area contributed by atoms with E-state index in [2.05, 4.69) is 46.5 Å². The van der Waals surface area contributed by atoms with Crippen LogP contribution in [0.25, 0.3) is 0 Å². The van der Waals surface area contributed by atoms with E-state index in [9.17, 15) is 0 Å². The van der Waals surface area contributed by atoms with Gasteiger partial charge in [0.1, 0.15) is 12.1 Å². The molecule has 1 aromatic heterocycles. The van der Waals surface area contributed by atoms with Crippen LogP contribution in [0.5, 0.6) is 0 Å². The van der Waals surface area contributed by atoms with Crippen molar-refractivity contribution >= 4 is 5.82 Å². The van der Waals surface area contributed by atoms with Crippen LogP contribution in [-0.2, 0) is 12.8 Å². The molecular formula is C17H23N3. The molecule has 0 atom stereocenters. The molecule has 0 amide bonds. The minimum atomic E-state index is 0.454. The first-order valence-corrected chi connectivity index (χ1v) is 7.35. The zero-order valence-electron chi connectivity index (χ0n) is 12.8. The second-order valence-electron chi connectivity index (χ2n) is 4.95. The molecule has 0 fully saturated rings. The number of benzene rings is 1. The Morgan fingerprint density at radius 1 is 1.00 bits per heavy atom. The van der Waals surface area contributed by atoms with Gasteiger partial charge in [-0.15, -0.1) is 0 Å². The van der Waals surface area contributed by atoms with Crippen LogP contribution in [0.4, 0.5) is 5.82 Å². The maximum Gasteiger partial charge on any atom is 0.132 e. The average Bonchev–Trinajstić information content (AvgIpc) is 2.88. The summed E-state index contributed by atoms with van der Waals surface area (Å²) in [5.41, 5.74) is 5.10. The largest absolute Gasteiger partial charge is 0.366 e. The van der Waals surface area contributed by atoms with Crippen LogP contribution in [0.15, 0.2) is 30.6 Å². The zero-order chi connectivity index (χ0) is 14.5. The smallest absolute Gasteiger partial charge is 0.132 e. The Bertz CT molecular complexity index is 553. The first-order chi connectivity index (χ1) is 9.74. The molecule has 1 N–H and O–H groups in total. The fraction of sp³-hybridized carbons (Fsp3) is 0.412. The van der Waals surface area contributed by atoms with E-state index in [-0.39, 0.29) is 0 Å². The SMILES string of the molecule is CC.Cc1ncnc(NC2Cc3ccccc3C2)c1C. The van der Waals surface area contributed by atoms with Gasteiger partial charge in [0.05, 0.1) is 0 Å². The van der Waals surface area contributed by atoms with Crippen LogP contribution >= 0.6 is 0 Å². The van der Waals surface area contributed by atoms with Gasteiger partial charge in [-0.3, -0.25) is 0 Å². The number of nitrogens with zero attached hydrogens (tertiary/aromatic N) is 2. The highest BCUT2D eigenvalue weighted by molar-refractivity contribution is 5.47. The number of aryl methyl sites for hydroxylation is 1. The quantitative estimate of drug-likeness (QED) is 0.903. The highest BCUT2D eigenvalue weighted by Crippen LogP contribution is 2.25. The summed E-state index contributed by atoms with van der Waals surface area (Å²) in [5, 5.41) is 3.55. The number of aromatic nitrogens is 2. The molecule has 0 saturated carbocycles. The molecule has 0 spiro atoms. The monoisotopic (exact) mass is 269 g/mol. The third-order valence-corrected chi connectivity index (χ3v) is 3.73. The summed E-state index contributed by atoms with van der Waals surface area (Å²) < 4.78 is 0. The van der Waals surface area contributed by atoms with Crippen molar-refractivity contribution in [3.8, 4) is 0 Å². The van der Waals surface area contributed by atoms with E-state index in [1.54, 1.807) is 6.33 Å². The molecule has 1 aromatic carbocycles. The van der Waals surface area contributed by atoms with Crippen molar-refractivity contribution in [2.45, 2.75) is 46.6 Å². The first kappa shape index (κ1) is 14.5. The fourth-order valence-corrected chi connectivity index (χ4v) is 2.54. The molecule has 0 saturated heterocycles. The van der Waals surface area contributed by atoms with E-state index >= 15 is 0 Å². The topological polar surface area (TPSA) is 37.8 Å². The Kier molecular flexibility index (Phi) is 4.72. The number of nitrogens with one attached hydrogen (secondary N) is 1. The number of hydrogen-bond acceptors (Lipinski definition) is 3. The van der Waals surface area contributed by atoms with E-state index in [0.29, 0.717) is 6.04 Å². The van der Waals surface area contributed by atoms with Gasteiger partial charge in [-0.05, 0) is 37.8 Å². The van der Waals surface area contributed by atoms with Crippen LogP contribution in [-0.4, -0.2) is 16.0 Å². The summed E-state index contributed by atoms with van der Waals surface area (Å²) in [7, 11) is 0. The molecule has 0 unspecified atom stereocenters. The van der Waals surface area contributed by atoms with Crippen molar-refractivity contribution in [2.75, 3.05) is 5.32 Å². The maximum absolute atomic E-state index is 4.34. The third kappa shape index (κ3) is 2.98. The number of rotatable bonds is 2. The number of fused-ring (bicyclic) bond motifs is 1. The van der Waals surface area contributed by atoms with Gasteiger partial charge < -0.3 is 5.32 Å². The highest BCUT2D eigenvalue weighted by Gasteiger charge is 2.21. The fourth-order valence-electron chi connectivity index (χ4n) is 2.54. The molecule has 106 valence electrons. The lowest BCUT2D eigenvalue weighted by molar-refractivity contribution is 0.765. The summed E-state index contributed by atoms with van der Waals surface area (Å²) in [6, 6.07) is 9.11. The molecule has 1 heterocycles. The van der Waals surface area contributed by atoms with Crippen molar-refractivity contribution in [3.63, 3.8) is 0 Å². The van der Waals surface area contributed by atoms with E-state index in [0.717, 1.165) is 29.9 Å². The molecule has 3 nitrogen and oxygen atoms in total. The van der Waals surface area contributed by atoms with Gasteiger partial charge in [0.2, 0.25) is 0 Å². The Labute approximate surface area is 121 Å². The van der Waals surface area contributed by atoms with Gasteiger partial charge >= 0.3 is 0 Å². The predicted octanol–water partition coefficient (Wildman–Crippen LogP) is 3.70. The molecule has 0 bridgehead atoms. The molecule has 1 aliphatic rings. The van der Waals surface area contributed by atoms with E-state index in [4.69, 9.17) is 0 Å². The maximum atomic E-state index is 4.34. The van der Waals surface area contributed by atoms with Gasteiger partial charge in [-0.2, -0.15) is 0 Å². The average molecular weight is 269 g/mol. The Morgan fingerprint density at radius 2 is 1.60 bits per heavy atom. The second-order valence-corrected chi connectivity index (χ2v) is 4.95. The predicted molar refractivity (Wildman–Crippen MR) is 84.1 cm³/mol. The standard InChI is InChI=1S/C15H17N3.C2H6/c1-10-11(2)16-9-17-15(10)18-14-7-12-5-3-4-6-13(12)8-14;1-2/h3-6,9,14H,7-8H2,1-2H3,(H,16,17,18);1-2H3.